The Balaban J connectivity index is 2.92. The lowest BCUT2D eigenvalue weighted by atomic mass is 9.88. The van der Waals surface area contributed by atoms with Crippen LogP contribution >= 0.6 is 0 Å². The molecular weight excluding hydrogens is 222 g/mol. The highest BCUT2D eigenvalue weighted by Crippen LogP contribution is 2.27. The second-order valence-corrected chi connectivity index (χ2v) is 5.13. The highest BCUT2D eigenvalue weighted by Gasteiger charge is 2.23. The molecule has 18 heavy (non-hydrogen) atoms. The van der Waals surface area contributed by atoms with Gasteiger partial charge in [0, 0.05) is 5.92 Å². The van der Waals surface area contributed by atoms with Crippen LogP contribution in [-0.4, -0.2) is 5.91 Å². The van der Waals surface area contributed by atoms with Crippen LogP contribution < -0.4 is 5.32 Å². The third-order valence-electron chi connectivity index (χ3n) is 3.50. The number of hydrogen-bond acceptors (Lipinski definition) is 1. The molecule has 2 heteroatoms. The SMILES string of the molecule is CCC(CC)C(NC(=O)C(C)C)c1ccccc1. The summed E-state index contributed by atoms with van der Waals surface area (Å²) in [4.78, 5) is 12.0. The smallest absolute Gasteiger partial charge is 0.223 e. The average molecular weight is 247 g/mol. The Morgan fingerprint density at radius 1 is 1.11 bits per heavy atom. The van der Waals surface area contributed by atoms with Gasteiger partial charge in [0.2, 0.25) is 5.91 Å². The normalized spacial score (nSPS) is 12.8. The molecule has 2 nitrogen and oxygen atoms in total. The van der Waals surface area contributed by atoms with E-state index in [4.69, 9.17) is 0 Å². The first-order chi connectivity index (χ1) is 8.60. The second kappa shape index (κ2) is 7.20. The Labute approximate surface area is 111 Å². The molecule has 0 spiro atoms. The minimum Gasteiger partial charge on any atom is -0.349 e. The van der Waals surface area contributed by atoms with Crippen LogP contribution in [0.25, 0.3) is 0 Å². The Kier molecular flexibility index (Phi) is 5.90. The molecule has 0 aliphatic rings. The van der Waals surface area contributed by atoms with Gasteiger partial charge in [-0.2, -0.15) is 0 Å². The Morgan fingerprint density at radius 2 is 1.67 bits per heavy atom. The second-order valence-electron chi connectivity index (χ2n) is 5.13. The van der Waals surface area contributed by atoms with E-state index in [2.05, 4.69) is 31.3 Å². The minimum atomic E-state index is 0.0329. The Bertz CT molecular complexity index is 355. The molecule has 1 atom stereocenters. The topological polar surface area (TPSA) is 29.1 Å². The number of hydrogen-bond donors (Lipinski definition) is 1. The molecule has 1 amide bonds. The van der Waals surface area contributed by atoms with E-state index < -0.39 is 0 Å². The van der Waals surface area contributed by atoms with Gasteiger partial charge in [-0.05, 0) is 11.5 Å². The number of rotatable bonds is 6. The van der Waals surface area contributed by atoms with E-state index in [0.717, 1.165) is 12.8 Å². The van der Waals surface area contributed by atoms with E-state index in [9.17, 15) is 4.79 Å². The third kappa shape index (κ3) is 3.86. The molecule has 0 aliphatic carbocycles. The van der Waals surface area contributed by atoms with Gasteiger partial charge >= 0.3 is 0 Å². The molecule has 1 aromatic carbocycles. The molecule has 1 rings (SSSR count). The Hall–Kier alpha value is -1.31. The van der Waals surface area contributed by atoms with Crippen LogP contribution in [0.4, 0.5) is 0 Å². The lowest BCUT2D eigenvalue weighted by Crippen LogP contribution is -2.35. The third-order valence-corrected chi connectivity index (χ3v) is 3.50. The van der Waals surface area contributed by atoms with Gasteiger partial charge in [-0.3, -0.25) is 4.79 Å². The number of carbonyl (C=O) groups excluding carboxylic acids is 1. The lowest BCUT2D eigenvalue weighted by Gasteiger charge is -2.27. The summed E-state index contributed by atoms with van der Waals surface area (Å²) >= 11 is 0. The summed E-state index contributed by atoms with van der Waals surface area (Å²) < 4.78 is 0. The molecule has 0 aliphatic heterocycles. The van der Waals surface area contributed by atoms with Gasteiger partial charge in [-0.15, -0.1) is 0 Å². The molecule has 1 aromatic rings. The van der Waals surface area contributed by atoms with Crippen molar-refractivity contribution in [2.75, 3.05) is 0 Å². The fourth-order valence-corrected chi connectivity index (χ4v) is 2.21. The van der Waals surface area contributed by atoms with Crippen LogP contribution in [0.15, 0.2) is 30.3 Å². The number of carbonyl (C=O) groups is 1. The summed E-state index contributed by atoms with van der Waals surface area (Å²) in [5.41, 5.74) is 1.21. The predicted molar refractivity (Wildman–Crippen MR) is 76.2 cm³/mol. The number of benzene rings is 1. The first kappa shape index (κ1) is 14.7. The minimum absolute atomic E-state index is 0.0329. The molecule has 0 aromatic heterocycles. The molecule has 0 saturated carbocycles. The fourth-order valence-electron chi connectivity index (χ4n) is 2.21. The van der Waals surface area contributed by atoms with Crippen molar-refractivity contribution in [3.8, 4) is 0 Å². The molecule has 1 unspecified atom stereocenters. The van der Waals surface area contributed by atoms with Crippen molar-refractivity contribution < 1.29 is 4.79 Å². The van der Waals surface area contributed by atoms with Gasteiger partial charge in [0.05, 0.1) is 6.04 Å². The quantitative estimate of drug-likeness (QED) is 0.810. The van der Waals surface area contributed by atoms with Crippen molar-refractivity contribution in [1.82, 2.24) is 5.32 Å². The molecular formula is C16H25NO. The standard InChI is InChI=1S/C16H25NO/c1-5-13(6-2)15(17-16(18)12(3)4)14-10-8-7-9-11-14/h7-13,15H,5-6H2,1-4H3,(H,17,18). The van der Waals surface area contributed by atoms with Gasteiger partial charge in [0.25, 0.3) is 0 Å². The zero-order valence-corrected chi connectivity index (χ0v) is 11.9. The molecule has 1 N–H and O–H groups in total. The largest absolute Gasteiger partial charge is 0.349 e. The average Bonchev–Trinajstić information content (AvgIpc) is 2.39. The van der Waals surface area contributed by atoms with Gasteiger partial charge in [-0.1, -0.05) is 70.9 Å². The van der Waals surface area contributed by atoms with Crippen LogP contribution in [0, 0.1) is 11.8 Å². The maximum atomic E-state index is 12.0. The maximum absolute atomic E-state index is 12.0. The number of nitrogens with one attached hydrogen (secondary N) is 1. The maximum Gasteiger partial charge on any atom is 0.223 e. The van der Waals surface area contributed by atoms with Crippen molar-refractivity contribution in [2.24, 2.45) is 11.8 Å². The summed E-state index contributed by atoms with van der Waals surface area (Å²) in [7, 11) is 0. The first-order valence-electron chi connectivity index (χ1n) is 6.95. The zero-order valence-electron chi connectivity index (χ0n) is 11.9. The summed E-state index contributed by atoms with van der Waals surface area (Å²) in [6.07, 6.45) is 2.16. The Morgan fingerprint density at radius 3 is 2.11 bits per heavy atom. The first-order valence-corrected chi connectivity index (χ1v) is 6.95. The van der Waals surface area contributed by atoms with Crippen molar-refractivity contribution in [1.29, 1.82) is 0 Å². The summed E-state index contributed by atoms with van der Waals surface area (Å²) in [6.45, 7) is 8.24. The van der Waals surface area contributed by atoms with Crippen LogP contribution in [0.3, 0.4) is 0 Å². The molecule has 100 valence electrons. The number of amides is 1. The van der Waals surface area contributed by atoms with Crippen LogP contribution in [0.1, 0.15) is 52.1 Å². The van der Waals surface area contributed by atoms with Gasteiger partial charge < -0.3 is 5.32 Å². The lowest BCUT2D eigenvalue weighted by molar-refractivity contribution is -0.125. The van der Waals surface area contributed by atoms with E-state index in [1.807, 2.05) is 32.0 Å². The molecule has 0 radical (unpaired) electrons. The van der Waals surface area contributed by atoms with Gasteiger partial charge in [0.1, 0.15) is 0 Å². The van der Waals surface area contributed by atoms with E-state index in [0.29, 0.717) is 5.92 Å². The van der Waals surface area contributed by atoms with E-state index in [-0.39, 0.29) is 17.9 Å². The molecule has 0 heterocycles. The highest BCUT2D eigenvalue weighted by molar-refractivity contribution is 5.78. The summed E-state index contributed by atoms with van der Waals surface area (Å²) in [5.74, 6) is 0.663. The van der Waals surface area contributed by atoms with Crippen LogP contribution in [0.5, 0.6) is 0 Å². The molecule has 0 bridgehead atoms. The summed E-state index contributed by atoms with van der Waals surface area (Å²) in [6, 6.07) is 10.4. The monoisotopic (exact) mass is 247 g/mol. The van der Waals surface area contributed by atoms with Crippen molar-refractivity contribution in [2.45, 2.75) is 46.6 Å². The van der Waals surface area contributed by atoms with Crippen LogP contribution in [0.2, 0.25) is 0 Å². The molecule has 0 fully saturated rings. The van der Waals surface area contributed by atoms with Crippen molar-refractivity contribution >= 4 is 5.91 Å². The fraction of sp³-hybridized carbons (Fsp3) is 0.562. The highest BCUT2D eigenvalue weighted by atomic mass is 16.1. The predicted octanol–water partition coefficient (Wildman–Crippen LogP) is 3.94. The summed E-state index contributed by atoms with van der Waals surface area (Å²) in [5, 5.41) is 3.20. The van der Waals surface area contributed by atoms with E-state index >= 15 is 0 Å². The van der Waals surface area contributed by atoms with Crippen molar-refractivity contribution in [3.05, 3.63) is 35.9 Å². The van der Waals surface area contributed by atoms with Crippen LogP contribution in [-0.2, 0) is 4.79 Å². The van der Waals surface area contributed by atoms with Gasteiger partial charge in [-0.25, -0.2) is 0 Å². The zero-order chi connectivity index (χ0) is 13.5. The van der Waals surface area contributed by atoms with E-state index in [1.165, 1.54) is 5.56 Å². The van der Waals surface area contributed by atoms with E-state index in [1.54, 1.807) is 0 Å². The molecule has 0 saturated heterocycles. The van der Waals surface area contributed by atoms with Gasteiger partial charge in [0.15, 0.2) is 0 Å². The van der Waals surface area contributed by atoms with Crippen molar-refractivity contribution in [3.63, 3.8) is 0 Å².